The lowest BCUT2D eigenvalue weighted by atomic mass is 10.1. The Morgan fingerprint density at radius 2 is 1.86 bits per heavy atom. The topological polar surface area (TPSA) is 47.6 Å². The van der Waals surface area contributed by atoms with Crippen molar-refractivity contribution < 1.29 is 18.7 Å². The van der Waals surface area contributed by atoms with Crippen LogP contribution in [0, 0.1) is 5.82 Å². The molecule has 0 saturated carbocycles. The SMILES string of the molecule is COc1ccc(OC)c(C(C)NC(=O)c2ccccc2F)c1. The van der Waals surface area contributed by atoms with Gasteiger partial charge in [0.15, 0.2) is 0 Å². The summed E-state index contributed by atoms with van der Waals surface area (Å²) < 4.78 is 24.1. The van der Waals surface area contributed by atoms with Crippen molar-refractivity contribution in [2.45, 2.75) is 13.0 Å². The van der Waals surface area contributed by atoms with E-state index < -0.39 is 11.7 Å². The minimum absolute atomic E-state index is 0.0104. The van der Waals surface area contributed by atoms with E-state index >= 15 is 0 Å². The first-order valence-corrected chi connectivity index (χ1v) is 6.84. The van der Waals surface area contributed by atoms with Crippen molar-refractivity contribution in [3.63, 3.8) is 0 Å². The van der Waals surface area contributed by atoms with E-state index in [4.69, 9.17) is 9.47 Å². The Morgan fingerprint density at radius 1 is 1.14 bits per heavy atom. The van der Waals surface area contributed by atoms with Crippen LogP contribution in [-0.4, -0.2) is 20.1 Å². The summed E-state index contributed by atoms with van der Waals surface area (Å²) >= 11 is 0. The first-order valence-electron chi connectivity index (χ1n) is 6.84. The lowest BCUT2D eigenvalue weighted by molar-refractivity contribution is 0.0935. The molecule has 2 aromatic carbocycles. The van der Waals surface area contributed by atoms with Crippen molar-refractivity contribution in [1.82, 2.24) is 5.32 Å². The molecule has 2 aromatic rings. The highest BCUT2D eigenvalue weighted by molar-refractivity contribution is 5.94. The molecule has 0 aromatic heterocycles. The molecule has 2 rings (SSSR count). The molecule has 0 radical (unpaired) electrons. The Hall–Kier alpha value is -2.56. The molecule has 0 aliphatic rings. The fourth-order valence-corrected chi connectivity index (χ4v) is 2.18. The maximum absolute atomic E-state index is 13.7. The van der Waals surface area contributed by atoms with Crippen LogP contribution in [0.25, 0.3) is 0 Å². The predicted molar refractivity (Wildman–Crippen MR) is 81.8 cm³/mol. The van der Waals surface area contributed by atoms with Gasteiger partial charge in [0.1, 0.15) is 17.3 Å². The summed E-state index contributed by atoms with van der Waals surface area (Å²) in [5.74, 6) is 0.255. The standard InChI is InChI=1S/C17H18FNO3/c1-11(14-10-12(21-2)8-9-16(14)22-3)19-17(20)13-6-4-5-7-15(13)18/h4-11H,1-3H3,(H,19,20). The van der Waals surface area contributed by atoms with Crippen LogP contribution in [0.3, 0.4) is 0 Å². The highest BCUT2D eigenvalue weighted by Crippen LogP contribution is 2.29. The van der Waals surface area contributed by atoms with Gasteiger partial charge in [-0.3, -0.25) is 4.79 Å². The number of methoxy groups -OCH3 is 2. The number of carbonyl (C=O) groups excluding carboxylic acids is 1. The van der Waals surface area contributed by atoms with Gasteiger partial charge in [-0.15, -0.1) is 0 Å². The van der Waals surface area contributed by atoms with E-state index in [2.05, 4.69) is 5.32 Å². The summed E-state index contributed by atoms with van der Waals surface area (Å²) in [5.41, 5.74) is 0.766. The molecule has 0 bridgehead atoms. The third kappa shape index (κ3) is 3.36. The number of carbonyl (C=O) groups is 1. The zero-order valence-corrected chi connectivity index (χ0v) is 12.7. The average molecular weight is 303 g/mol. The van der Waals surface area contributed by atoms with Crippen molar-refractivity contribution >= 4 is 5.91 Å². The molecule has 0 saturated heterocycles. The van der Waals surface area contributed by atoms with Crippen molar-refractivity contribution in [1.29, 1.82) is 0 Å². The van der Waals surface area contributed by atoms with Gasteiger partial charge in [0.05, 0.1) is 25.8 Å². The number of rotatable bonds is 5. The summed E-state index contributed by atoms with van der Waals surface area (Å²) in [6.07, 6.45) is 0. The van der Waals surface area contributed by atoms with Gasteiger partial charge < -0.3 is 14.8 Å². The lowest BCUT2D eigenvalue weighted by Crippen LogP contribution is -2.27. The molecule has 0 heterocycles. The van der Waals surface area contributed by atoms with Gasteiger partial charge in [-0.25, -0.2) is 4.39 Å². The Kier molecular flexibility index (Phi) is 4.99. The van der Waals surface area contributed by atoms with Gasteiger partial charge in [0.2, 0.25) is 0 Å². The molecule has 1 N–H and O–H groups in total. The maximum Gasteiger partial charge on any atom is 0.254 e. The summed E-state index contributed by atoms with van der Waals surface area (Å²) in [4.78, 5) is 12.2. The Balaban J connectivity index is 2.23. The Morgan fingerprint density at radius 3 is 2.50 bits per heavy atom. The Labute approximate surface area is 128 Å². The lowest BCUT2D eigenvalue weighted by Gasteiger charge is -2.18. The summed E-state index contributed by atoms with van der Waals surface area (Å²) in [6.45, 7) is 1.80. The predicted octanol–water partition coefficient (Wildman–Crippen LogP) is 3.33. The van der Waals surface area contributed by atoms with Crippen LogP contribution in [-0.2, 0) is 0 Å². The zero-order valence-electron chi connectivity index (χ0n) is 12.7. The smallest absolute Gasteiger partial charge is 0.254 e. The third-order valence-electron chi connectivity index (χ3n) is 3.37. The molecule has 0 aliphatic carbocycles. The molecular formula is C17H18FNO3. The summed E-state index contributed by atoms with van der Waals surface area (Å²) in [7, 11) is 3.12. The first kappa shape index (κ1) is 15.8. The van der Waals surface area contributed by atoms with E-state index in [0.29, 0.717) is 11.5 Å². The van der Waals surface area contributed by atoms with Gasteiger partial charge >= 0.3 is 0 Å². The highest BCUT2D eigenvalue weighted by atomic mass is 19.1. The van der Waals surface area contributed by atoms with Crippen molar-refractivity contribution in [2.24, 2.45) is 0 Å². The fraction of sp³-hybridized carbons (Fsp3) is 0.235. The molecule has 0 fully saturated rings. The van der Waals surface area contributed by atoms with Gasteiger partial charge in [-0.1, -0.05) is 12.1 Å². The second-order valence-electron chi connectivity index (χ2n) is 4.78. The number of benzene rings is 2. The highest BCUT2D eigenvalue weighted by Gasteiger charge is 2.18. The molecule has 22 heavy (non-hydrogen) atoms. The van der Waals surface area contributed by atoms with E-state index in [-0.39, 0.29) is 11.6 Å². The normalized spacial score (nSPS) is 11.6. The Bertz CT molecular complexity index is 673. The second-order valence-corrected chi connectivity index (χ2v) is 4.78. The van der Waals surface area contributed by atoms with Crippen LogP contribution in [0.4, 0.5) is 4.39 Å². The minimum atomic E-state index is -0.551. The van der Waals surface area contributed by atoms with Crippen LogP contribution in [0.15, 0.2) is 42.5 Å². The molecule has 0 spiro atoms. The van der Waals surface area contributed by atoms with E-state index in [9.17, 15) is 9.18 Å². The number of nitrogens with one attached hydrogen (secondary N) is 1. The van der Waals surface area contributed by atoms with Crippen LogP contribution in [0.1, 0.15) is 28.9 Å². The molecule has 1 unspecified atom stereocenters. The number of ether oxygens (including phenoxy) is 2. The molecule has 1 atom stereocenters. The van der Waals surface area contributed by atoms with Gasteiger partial charge in [0.25, 0.3) is 5.91 Å². The van der Waals surface area contributed by atoms with E-state index in [1.165, 1.54) is 12.1 Å². The quantitative estimate of drug-likeness (QED) is 0.921. The number of halogens is 1. The second kappa shape index (κ2) is 6.93. The molecule has 116 valence electrons. The summed E-state index contributed by atoms with van der Waals surface area (Å²) in [6, 6.07) is 10.8. The van der Waals surface area contributed by atoms with Gasteiger partial charge in [0, 0.05) is 5.56 Å². The summed E-state index contributed by atoms with van der Waals surface area (Å²) in [5, 5.41) is 2.76. The van der Waals surface area contributed by atoms with Crippen molar-refractivity contribution in [3.8, 4) is 11.5 Å². The average Bonchev–Trinajstić information content (AvgIpc) is 2.54. The first-order chi connectivity index (χ1) is 10.6. The largest absolute Gasteiger partial charge is 0.497 e. The number of hydrogen-bond acceptors (Lipinski definition) is 3. The van der Waals surface area contributed by atoms with E-state index in [1.807, 2.05) is 0 Å². The minimum Gasteiger partial charge on any atom is -0.497 e. The molecule has 4 nitrogen and oxygen atoms in total. The maximum atomic E-state index is 13.7. The zero-order chi connectivity index (χ0) is 16.1. The van der Waals surface area contributed by atoms with Crippen LogP contribution in [0.5, 0.6) is 11.5 Å². The molecular weight excluding hydrogens is 285 g/mol. The third-order valence-corrected chi connectivity index (χ3v) is 3.37. The fourth-order valence-electron chi connectivity index (χ4n) is 2.18. The van der Waals surface area contributed by atoms with Crippen LogP contribution < -0.4 is 14.8 Å². The van der Waals surface area contributed by atoms with Gasteiger partial charge in [-0.05, 0) is 37.3 Å². The number of amides is 1. The van der Waals surface area contributed by atoms with E-state index in [1.54, 1.807) is 51.5 Å². The van der Waals surface area contributed by atoms with Crippen LogP contribution in [0.2, 0.25) is 0 Å². The van der Waals surface area contributed by atoms with Crippen LogP contribution >= 0.6 is 0 Å². The van der Waals surface area contributed by atoms with Crippen molar-refractivity contribution in [3.05, 3.63) is 59.4 Å². The van der Waals surface area contributed by atoms with E-state index in [0.717, 1.165) is 5.56 Å². The monoisotopic (exact) mass is 303 g/mol. The number of hydrogen-bond donors (Lipinski definition) is 1. The molecule has 5 heteroatoms. The molecule has 1 amide bonds. The van der Waals surface area contributed by atoms with Gasteiger partial charge in [-0.2, -0.15) is 0 Å². The van der Waals surface area contributed by atoms with Crippen molar-refractivity contribution in [2.75, 3.05) is 14.2 Å². The molecule has 0 aliphatic heterocycles.